The minimum Gasteiger partial charge on any atom is -0.496 e. The Bertz CT molecular complexity index is 1130. The van der Waals surface area contributed by atoms with Crippen molar-refractivity contribution in [3.8, 4) is 28.0 Å². The van der Waals surface area contributed by atoms with E-state index < -0.39 is 0 Å². The Kier molecular flexibility index (Phi) is 5.20. The Hall–Kier alpha value is -2.63. The molecule has 0 spiro atoms. The predicted octanol–water partition coefficient (Wildman–Crippen LogP) is 5.73. The molecule has 5 heteroatoms. The summed E-state index contributed by atoms with van der Waals surface area (Å²) < 4.78 is 6.68. The van der Waals surface area contributed by atoms with Gasteiger partial charge in [-0.3, -0.25) is 0 Å². The number of halogens is 1. The van der Waals surface area contributed by atoms with Gasteiger partial charge in [0.1, 0.15) is 11.4 Å². The fraction of sp³-hybridized carbons (Fsp3) is 0.174. The van der Waals surface area contributed by atoms with Crippen molar-refractivity contribution in [2.75, 3.05) is 21.2 Å². The van der Waals surface area contributed by atoms with Gasteiger partial charge >= 0.3 is 0 Å². The van der Waals surface area contributed by atoms with Gasteiger partial charge in [0.2, 0.25) is 0 Å². The standard InChI is InChI=1S/C23H22BrN3O/c1-27(2)14-17-10-15(8-9-21(17)24)16-11-19-20(13-26-23(19)25-12-16)18-6-4-5-7-22(18)28-3/h4-13H,14H2,1-3H3,(H,25,26). The highest BCUT2D eigenvalue weighted by atomic mass is 79.9. The highest BCUT2D eigenvalue weighted by Gasteiger charge is 2.13. The van der Waals surface area contributed by atoms with E-state index in [0.29, 0.717) is 0 Å². The minimum atomic E-state index is 0.853. The van der Waals surface area contributed by atoms with Crippen LogP contribution in [0.1, 0.15) is 5.56 Å². The number of para-hydroxylation sites is 1. The number of hydrogen-bond donors (Lipinski definition) is 1. The number of nitrogens with zero attached hydrogens (tertiary/aromatic N) is 2. The van der Waals surface area contributed by atoms with E-state index in [2.05, 4.69) is 75.2 Å². The number of aromatic amines is 1. The summed E-state index contributed by atoms with van der Waals surface area (Å²) in [7, 11) is 5.85. The smallest absolute Gasteiger partial charge is 0.137 e. The molecule has 0 saturated heterocycles. The number of fused-ring (bicyclic) bond motifs is 1. The highest BCUT2D eigenvalue weighted by Crippen LogP contribution is 2.36. The van der Waals surface area contributed by atoms with Crippen molar-refractivity contribution in [3.05, 3.63) is 71.0 Å². The predicted molar refractivity (Wildman–Crippen MR) is 119 cm³/mol. The van der Waals surface area contributed by atoms with Crippen molar-refractivity contribution in [3.63, 3.8) is 0 Å². The topological polar surface area (TPSA) is 41.1 Å². The van der Waals surface area contributed by atoms with Gasteiger partial charge in [0.25, 0.3) is 0 Å². The fourth-order valence-electron chi connectivity index (χ4n) is 3.47. The molecule has 0 amide bonds. The molecule has 0 aliphatic rings. The summed E-state index contributed by atoms with van der Waals surface area (Å²) in [5.41, 5.74) is 6.51. The van der Waals surface area contributed by atoms with Crippen LogP contribution in [0.4, 0.5) is 0 Å². The fourth-order valence-corrected chi connectivity index (χ4v) is 3.84. The van der Waals surface area contributed by atoms with E-state index in [-0.39, 0.29) is 0 Å². The second-order valence-corrected chi connectivity index (χ2v) is 7.92. The summed E-state index contributed by atoms with van der Waals surface area (Å²) in [4.78, 5) is 10.1. The summed E-state index contributed by atoms with van der Waals surface area (Å²) in [5, 5.41) is 1.08. The number of rotatable bonds is 5. The van der Waals surface area contributed by atoms with Gasteiger partial charge in [-0.2, -0.15) is 0 Å². The van der Waals surface area contributed by atoms with Gasteiger partial charge in [-0.25, -0.2) is 4.98 Å². The third-order valence-corrected chi connectivity index (χ3v) is 5.57. The van der Waals surface area contributed by atoms with Crippen molar-refractivity contribution in [1.82, 2.24) is 14.9 Å². The van der Waals surface area contributed by atoms with E-state index in [1.165, 1.54) is 5.56 Å². The molecule has 28 heavy (non-hydrogen) atoms. The summed E-state index contributed by atoms with van der Waals surface area (Å²) in [5.74, 6) is 0.853. The molecule has 0 bridgehead atoms. The summed E-state index contributed by atoms with van der Waals surface area (Å²) >= 11 is 3.66. The maximum absolute atomic E-state index is 5.55. The molecule has 2 heterocycles. The molecule has 0 saturated carbocycles. The number of pyridine rings is 1. The Morgan fingerprint density at radius 3 is 2.64 bits per heavy atom. The van der Waals surface area contributed by atoms with Crippen molar-refractivity contribution >= 4 is 27.0 Å². The average Bonchev–Trinajstić information content (AvgIpc) is 3.12. The Morgan fingerprint density at radius 2 is 1.86 bits per heavy atom. The highest BCUT2D eigenvalue weighted by molar-refractivity contribution is 9.10. The molecule has 0 atom stereocenters. The van der Waals surface area contributed by atoms with Gasteiger partial charge in [-0.1, -0.05) is 40.2 Å². The van der Waals surface area contributed by atoms with Crippen LogP contribution in [0.15, 0.2) is 65.4 Å². The van der Waals surface area contributed by atoms with Crippen LogP contribution in [0, 0.1) is 0 Å². The lowest BCUT2D eigenvalue weighted by Crippen LogP contribution is -2.11. The number of methoxy groups -OCH3 is 1. The Balaban J connectivity index is 1.83. The second-order valence-electron chi connectivity index (χ2n) is 7.07. The molecule has 1 N–H and O–H groups in total. The lowest BCUT2D eigenvalue weighted by Gasteiger charge is -2.13. The van der Waals surface area contributed by atoms with E-state index in [1.54, 1.807) is 7.11 Å². The zero-order valence-electron chi connectivity index (χ0n) is 16.2. The van der Waals surface area contributed by atoms with Crippen molar-refractivity contribution in [2.45, 2.75) is 6.54 Å². The molecule has 0 radical (unpaired) electrons. The molecule has 0 aliphatic carbocycles. The normalized spacial score (nSPS) is 11.3. The molecule has 0 unspecified atom stereocenters. The Morgan fingerprint density at radius 1 is 1.04 bits per heavy atom. The monoisotopic (exact) mass is 435 g/mol. The zero-order valence-corrected chi connectivity index (χ0v) is 17.7. The van der Waals surface area contributed by atoms with Crippen LogP contribution in [0.5, 0.6) is 5.75 Å². The van der Waals surface area contributed by atoms with E-state index in [4.69, 9.17) is 4.74 Å². The molecule has 142 valence electrons. The first-order valence-corrected chi connectivity index (χ1v) is 9.90. The van der Waals surface area contributed by atoms with E-state index in [9.17, 15) is 0 Å². The van der Waals surface area contributed by atoms with Gasteiger partial charge in [0.05, 0.1) is 7.11 Å². The number of hydrogen-bond acceptors (Lipinski definition) is 3. The van der Waals surface area contributed by atoms with Crippen molar-refractivity contribution < 1.29 is 4.74 Å². The number of H-pyrrole nitrogens is 1. The van der Waals surface area contributed by atoms with Crippen molar-refractivity contribution in [1.29, 1.82) is 0 Å². The molecule has 0 fully saturated rings. The first kappa shape index (κ1) is 18.7. The van der Waals surface area contributed by atoms with Crippen molar-refractivity contribution in [2.24, 2.45) is 0 Å². The molecule has 4 aromatic rings. The summed E-state index contributed by atoms with van der Waals surface area (Å²) in [6.07, 6.45) is 3.92. The third-order valence-electron chi connectivity index (χ3n) is 4.79. The quantitative estimate of drug-likeness (QED) is 0.435. The van der Waals surface area contributed by atoms with Crippen LogP contribution in [0.25, 0.3) is 33.3 Å². The van der Waals surface area contributed by atoms with Crippen LogP contribution >= 0.6 is 15.9 Å². The van der Waals surface area contributed by atoms with E-state index in [1.807, 2.05) is 30.6 Å². The molecule has 4 nitrogen and oxygen atoms in total. The average molecular weight is 436 g/mol. The van der Waals surface area contributed by atoms with Gasteiger partial charge in [-0.15, -0.1) is 0 Å². The lowest BCUT2D eigenvalue weighted by atomic mass is 10.0. The summed E-state index contributed by atoms with van der Waals surface area (Å²) in [6.45, 7) is 0.876. The van der Waals surface area contributed by atoms with Gasteiger partial charge < -0.3 is 14.6 Å². The molecule has 2 aromatic heterocycles. The van der Waals surface area contributed by atoms with E-state index >= 15 is 0 Å². The molecule has 0 aliphatic heterocycles. The summed E-state index contributed by atoms with van der Waals surface area (Å²) in [6, 6.07) is 16.7. The molecular weight excluding hydrogens is 414 g/mol. The molecule has 4 rings (SSSR count). The minimum absolute atomic E-state index is 0.853. The first-order chi connectivity index (χ1) is 13.6. The first-order valence-electron chi connectivity index (χ1n) is 9.11. The second kappa shape index (κ2) is 7.78. The van der Waals surface area contributed by atoms with Crippen LogP contribution in [0.3, 0.4) is 0 Å². The SMILES string of the molecule is COc1ccccc1-c1c[nH]c2ncc(-c3ccc(Br)c(CN(C)C)c3)cc12. The zero-order chi connectivity index (χ0) is 19.7. The largest absolute Gasteiger partial charge is 0.496 e. The van der Waals surface area contributed by atoms with Gasteiger partial charge in [0.15, 0.2) is 0 Å². The molecular formula is C23H22BrN3O. The lowest BCUT2D eigenvalue weighted by molar-refractivity contribution is 0.402. The van der Waals surface area contributed by atoms with Crippen LogP contribution < -0.4 is 4.74 Å². The maximum atomic E-state index is 5.55. The third kappa shape index (κ3) is 3.55. The van der Waals surface area contributed by atoms with E-state index in [0.717, 1.165) is 50.1 Å². The number of aromatic nitrogens is 2. The number of benzene rings is 2. The van der Waals surface area contributed by atoms with Crippen LogP contribution in [-0.2, 0) is 6.54 Å². The number of nitrogens with one attached hydrogen (secondary N) is 1. The van der Waals surface area contributed by atoms with Gasteiger partial charge in [-0.05, 0) is 49.5 Å². The Labute approximate surface area is 173 Å². The maximum Gasteiger partial charge on any atom is 0.137 e. The van der Waals surface area contributed by atoms with Crippen LogP contribution in [-0.4, -0.2) is 36.1 Å². The van der Waals surface area contributed by atoms with Crippen LogP contribution in [0.2, 0.25) is 0 Å². The molecule has 2 aromatic carbocycles. The van der Waals surface area contributed by atoms with Gasteiger partial charge in [0, 0.05) is 45.5 Å². The number of ether oxygens (including phenoxy) is 1.